The average Bonchev–Trinajstić information content (AvgIpc) is 3.21. The third kappa shape index (κ3) is 3.67. The summed E-state index contributed by atoms with van der Waals surface area (Å²) in [6.07, 6.45) is 5.94. The smallest absolute Gasteiger partial charge is 0.203 e. The fraction of sp³-hybridized carbons (Fsp3) is 0.125. The van der Waals surface area contributed by atoms with Crippen molar-refractivity contribution in [1.29, 1.82) is 0 Å². The van der Waals surface area contributed by atoms with Gasteiger partial charge in [0.05, 0.1) is 32.4 Å². The summed E-state index contributed by atoms with van der Waals surface area (Å²) < 4.78 is 18.3. The van der Waals surface area contributed by atoms with E-state index in [2.05, 4.69) is 39.9 Å². The second-order valence-electron chi connectivity index (χ2n) is 6.49. The summed E-state index contributed by atoms with van der Waals surface area (Å²) in [5, 5.41) is 0. The maximum absolute atomic E-state index is 5.43. The standard InChI is InChI=1S/C24H22N2O3/c1-27-22-14-18(15-23(28-2)24(22)29-3)12-11-17-7-6-8-19(13-17)26-16-25-20-9-4-5-10-21(20)26/h4-16H,1-3H3/b12-11+. The molecule has 0 spiro atoms. The van der Waals surface area contributed by atoms with E-state index in [1.807, 2.05) is 48.8 Å². The molecule has 0 fully saturated rings. The lowest BCUT2D eigenvalue weighted by molar-refractivity contribution is 0.324. The van der Waals surface area contributed by atoms with Gasteiger partial charge in [-0.2, -0.15) is 0 Å². The molecule has 0 aliphatic heterocycles. The van der Waals surface area contributed by atoms with E-state index >= 15 is 0 Å². The van der Waals surface area contributed by atoms with Gasteiger partial charge in [0.1, 0.15) is 6.33 Å². The van der Waals surface area contributed by atoms with E-state index in [1.165, 1.54) is 0 Å². The molecule has 4 aromatic rings. The molecular weight excluding hydrogens is 364 g/mol. The Morgan fingerprint density at radius 3 is 2.21 bits per heavy atom. The number of hydrogen-bond donors (Lipinski definition) is 0. The summed E-state index contributed by atoms with van der Waals surface area (Å²) in [5.41, 5.74) is 5.15. The monoisotopic (exact) mass is 386 g/mol. The predicted molar refractivity (Wildman–Crippen MR) is 116 cm³/mol. The molecule has 29 heavy (non-hydrogen) atoms. The topological polar surface area (TPSA) is 45.5 Å². The zero-order chi connectivity index (χ0) is 20.2. The summed E-state index contributed by atoms with van der Waals surface area (Å²) in [4.78, 5) is 4.48. The first-order valence-corrected chi connectivity index (χ1v) is 9.24. The number of nitrogens with zero attached hydrogens (tertiary/aromatic N) is 2. The minimum Gasteiger partial charge on any atom is -0.493 e. The molecule has 0 radical (unpaired) electrons. The number of imidazole rings is 1. The third-order valence-corrected chi connectivity index (χ3v) is 4.76. The van der Waals surface area contributed by atoms with Gasteiger partial charge < -0.3 is 14.2 Å². The van der Waals surface area contributed by atoms with Crippen LogP contribution in [0.4, 0.5) is 0 Å². The van der Waals surface area contributed by atoms with E-state index in [9.17, 15) is 0 Å². The van der Waals surface area contributed by atoms with Gasteiger partial charge >= 0.3 is 0 Å². The molecule has 0 aliphatic rings. The number of methoxy groups -OCH3 is 3. The molecule has 0 bridgehead atoms. The van der Waals surface area contributed by atoms with Crippen LogP contribution in [0.2, 0.25) is 0 Å². The number of ether oxygens (including phenoxy) is 3. The van der Waals surface area contributed by atoms with Gasteiger partial charge in [-0.05, 0) is 47.5 Å². The Morgan fingerprint density at radius 2 is 1.48 bits per heavy atom. The highest BCUT2D eigenvalue weighted by Gasteiger charge is 2.12. The Balaban J connectivity index is 1.67. The minimum atomic E-state index is 0.584. The van der Waals surface area contributed by atoms with E-state index in [-0.39, 0.29) is 0 Å². The van der Waals surface area contributed by atoms with E-state index in [1.54, 1.807) is 21.3 Å². The third-order valence-electron chi connectivity index (χ3n) is 4.76. The molecule has 0 saturated carbocycles. The van der Waals surface area contributed by atoms with Gasteiger partial charge in [0.25, 0.3) is 0 Å². The van der Waals surface area contributed by atoms with Crippen LogP contribution in [0.15, 0.2) is 67.0 Å². The first-order valence-electron chi connectivity index (χ1n) is 9.24. The minimum absolute atomic E-state index is 0.584. The van der Waals surface area contributed by atoms with Crippen molar-refractivity contribution < 1.29 is 14.2 Å². The lowest BCUT2D eigenvalue weighted by atomic mass is 10.1. The van der Waals surface area contributed by atoms with Crippen LogP contribution in [0.3, 0.4) is 0 Å². The Kier molecular flexibility index (Phi) is 5.20. The number of aromatic nitrogens is 2. The Bertz CT molecular complexity index is 1150. The zero-order valence-electron chi connectivity index (χ0n) is 16.6. The Hall–Kier alpha value is -3.73. The summed E-state index contributed by atoms with van der Waals surface area (Å²) in [7, 11) is 4.83. The maximum atomic E-state index is 5.43. The second kappa shape index (κ2) is 8.10. The molecule has 5 heteroatoms. The molecule has 5 nitrogen and oxygen atoms in total. The number of para-hydroxylation sites is 2. The summed E-state index contributed by atoms with van der Waals surface area (Å²) in [6.45, 7) is 0. The molecule has 4 rings (SSSR count). The van der Waals surface area contributed by atoms with Gasteiger partial charge in [0.15, 0.2) is 11.5 Å². The SMILES string of the molecule is COc1cc(/C=C/c2cccc(-n3cnc4ccccc43)c2)cc(OC)c1OC. The highest BCUT2D eigenvalue weighted by Crippen LogP contribution is 2.38. The normalized spacial score (nSPS) is 11.1. The van der Waals surface area contributed by atoms with Gasteiger partial charge in [0.2, 0.25) is 5.75 Å². The van der Waals surface area contributed by atoms with Gasteiger partial charge in [0, 0.05) is 5.69 Å². The first kappa shape index (κ1) is 18.6. The van der Waals surface area contributed by atoms with Gasteiger partial charge in [-0.15, -0.1) is 0 Å². The molecule has 3 aromatic carbocycles. The van der Waals surface area contributed by atoms with Crippen molar-refractivity contribution in [2.75, 3.05) is 21.3 Å². The molecule has 1 aromatic heterocycles. The van der Waals surface area contributed by atoms with Crippen LogP contribution >= 0.6 is 0 Å². The van der Waals surface area contributed by atoms with Crippen LogP contribution in [0, 0.1) is 0 Å². The predicted octanol–water partition coefficient (Wildman–Crippen LogP) is 5.22. The van der Waals surface area contributed by atoms with Crippen molar-refractivity contribution in [2.24, 2.45) is 0 Å². The number of benzene rings is 3. The fourth-order valence-electron chi connectivity index (χ4n) is 3.33. The van der Waals surface area contributed by atoms with Crippen LogP contribution in [0.25, 0.3) is 28.9 Å². The van der Waals surface area contributed by atoms with E-state index in [0.29, 0.717) is 17.2 Å². The number of fused-ring (bicyclic) bond motifs is 1. The first-order chi connectivity index (χ1) is 14.2. The van der Waals surface area contributed by atoms with Crippen molar-refractivity contribution in [3.8, 4) is 22.9 Å². The fourth-order valence-corrected chi connectivity index (χ4v) is 3.33. The Labute approximate surface area is 169 Å². The summed E-state index contributed by atoms with van der Waals surface area (Å²) in [6, 6.07) is 20.3. The average molecular weight is 386 g/mol. The van der Waals surface area contributed by atoms with Crippen molar-refractivity contribution >= 4 is 23.2 Å². The zero-order valence-corrected chi connectivity index (χ0v) is 16.6. The lowest BCUT2D eigenvalue weighted by Gasteiger charge is -2.12. The lowest BCUT2D eigenvalue weighted by Crippen LogP contribution is -1.95. The molecule has 1 heterocycles. The molecule has 0 atom stereocenters. The van der Waals surface area contributed by atoms with Crippen molar-refractivity contribution in [3.05, 3.63) is 78.1 Å². The van der Waals surface area contributed by atoms with Gasteiger partial charge in [-0.25, -0.2) is 4.98 Å². The Morgan fingerprint density at radius 1 is 0.759 bits per heavy atom. The molecule has 0 unspecified atom stereocenters. The summed E-state index contributed by atoms with van der Waals surface area (Å²) in [5.74, 6) is 1.84. The second-order valence-corrected chi connectivity index (χ2v) is 6.49. The molecule has 0 saturated heterocycles. The van der Waals surface area contributed by atoms with E-state index in [0.717, 1.165) is 27.8 Å². The van der Waals surface area contributed by atoms with E-state index in [4.69, 9.17) is 14.2 Å². The van der Waals surface area contributed by atoms with Crippen LogP contribution in [-0.4, -0.2) is 30.9 Å². The largest absolute Gasteiger partial charge is 0.493 e. The highest BCUT2D eigenvalue weighted by atomic mass is 16.5. The van der Waals surface area contributed by atoms with Crippen LogP contribution < -0.4 is 14.2 Å². The number of hydrogen-bond acceptors (Lipinski definition) is 4. The van der Waals surface area contributed by atoms with Crippen molar-refractivity contribution in [3.63, 3.8) is 0 Å². The molecular formula is C24H22N2O3. The van der Waals surface area contributed by atoms with E-state index < -0.39 is 0 Å². The van der Waals surface area contributed by atoms with Crippen molar-refractivity contribution in [2.45, 2.75) is 0 Å². The summed E-state index contributed by atoms with van der Waals surface area (Å²) >= 11 is 0. The van der Waals surface area contributed by atoms with Gasteiger partial charge in [-0.1, -0.05) is 36.4 Å². The van der Waals surface area contributed by atoms with Crippen LogP contribution in [0.5, 0.6) is 17.2 Å². The van der Waals surface area contributed by atoms with Crippen molar-refractivity contribution in [1.82, 2.24) is 9.55 Å². The van der Waals surface area contributed by atoms with Crippen LogP contribution in [-0.2, 0) is 0 Å². The number of rotatable bonds is 6. The highest BCUT2D eigenvalue weighted by molar-refractivity contribution is 5.78. The quantitative estimate of drug-likeness (QED) is 0.426. The molecule has 146 valence electrons. The van der Waals surface area contributed by atoms with Crippen LogP contribution in [0.1, 0.15) is 11.1 Å². The maximum Gasteiger partial charge on any atom is 0.203 e. The molecule has 0 amide bonds. The van der Waals surface area contributed by atoms with Gasteiger partial charge in [-0.3, -0.25) is 4.57 Å². The molecule has 0 aliphatic carbocycles. The molecule has 0 N–H and O–H groups in total.